The Bertz CT molecular complexity index is 306. The van der Waals surface area contributed by atoms with Gasteiger partial charge < -0.3 is 15.0 Å². The molecular weight excluding hydrogens is 184 g/mol. The highest BCUT2D eigenvalue weighted by Gasteiger charge is 2.09. The molecule has 1 aromatic heterocycles. The highest BCUT2D eigenvalue weighted by atomic mass is 16.5. The maximum Gasteiger partial charge on any atom is 0.315 e. The first-order valence-corrected chi connectivity index (χ1v) is 4.30. The van der Waals surface area contributed by atoms with Gasteiger partial charge in [0.05, 0.1) is 12.3 Å². The number of hydrogen-bond donors (Lipinski definition) is 2. The van der Waals surface area contributed by atoms with Crippen molar-refractivity contribution in [3.05, 3.63) is 18.5 Å². The summed E-state index contributed by atoms with van der Waals surface area (Å²) in [6.45, 7) is 1.98. The van der Waals surface area contributed by atoms with Crippen molar-refractivity contribution in [2.75, 3.05) is 11.9 Å². The zero-order chi connectivity index (χ0) is 10.4. The topological polar surface area (TPSA) is 71.2 Å². The van der Waals surface area contributed by atoms with Crippen LogP contribution in [-0.4, -0.2) is 23.5 Å². The molecule has 1 rings (SSSR count). The Morgan fingerprint density at radius 3 is 2.93 bits per heavy atom. The average molecular weight is 196 g/mol. The molecule has 1 amide bonds. The predicted molar refractivity (Wildman–Crippen MR) is 50.7 cm³/mol. The van der Waals surface area contributed by atoms with E-state index in [1.807, 2.05) is 0 Å². The fourth-order valence-corrected chi connectivity index (χ4v) is 0.950. The fraction of sp³-hybridized carbons (Fsp3) is 0.333. The lowest BCUT2D eigenvalue weighted by Gasteiger charge is -2.02. The van der Waals surface area contributed by atoms with Crippen LogP contribution in [-0.2, 0) is 14.3 Å². The van der Waals surface area contributed by atoms with Crippen LogP contribution >= 0.6 is 0 Å². The monoisotopic (exact) mass is 196 g/mol. The number of esters is 1. The minimum absolute atomic E-state index is 0.251. The molecule has 5 nitrogen and oxygen atoms in total. The molecule has 0 fully saturated rings. The zero-order valence-electron chi connectivity index (χ0n) is 7.87. The number of anilines is 1. The number of aromatic nitrogens is 1. The van der Waals surface area contributed by atoms with E-state index < -0.39 is 5.97 Å². The largest absolute Gasteiger partial charge is 0.466 e. The first-order valence-electron chi connectivity index (χ1n) is 4.30. The van der Waals surface area contributed by atoms with Crippen molar-refractivity contribution in [2.24, 2.45) is 0 Å². The van der Waals surface area contributed by atoms with Gasteiger partial charge in [-0.25, -0.2) is 0 Å². The Balaban J connectivity index is 2.33. The van der Waals surface area contributed by atoms with Crippen LogP contribution in [0, 0.1) is 0 Å². The number of H-pyrrole nitrogens is 1. The molecule has 0 bridgehead atoms. The molecular formula is C9H12N2O3. The Kier molecular flexibility index (Phi) is 3.72. The van der Waals surface area contributed by atoms with Crippen molar-refractivity contribution in [1.82, 2.24) is 4.98 Å². The van der Waals surface area contributed by atoms with Crippen LogP contribution in [0.25, 0.3) is 0 Å². The van der Waals surface area contributed by atoms with Crippen molar-refractivity contribution < 1.29 is 14.3 Å². The summed E-state index contributed by atoms with van der Waals surface area (Å²) >= 11 is 0. The average Bonchev–Trinajstić information content (AvgIpc) is 2.56. The van der Waals surface area contributed by atoms with Crippen molar-refractivity contribution in [3.63, 3.8) is 0 Å². The van der Waals surface area contributed by atoms with E-state index in [0.717, 1.165) is 0 Å². The molecule has 0 atom stereocenters. The number of ether oxygens (including phenoxy) is 1. The second kappa shape index (κ2) is 5.06. The molecule has 0 saturated heterocycles. The highest BCUT2D eigenvalue weighted by Crippen LogP contribution is 2.04. The molecule has 0 radical (unpaired) electrons. The predicted octanol–water partition coefficient (Wildman–Crippen LogP) is 0.906. The van der Waals surface area contributed by atoms with Gasteiger partial charge in [0.25, 0.3) is 0 Å². The van der Waals surface area contributed by atoms with Gasteiger partial charge in [-0.1, -0.05) is 0 Å². The van der Waals surface area contributed by atoms with Gasteiger partial charge in [0.1, 0.15) is 6.42 Å². The number of rotatable bonds is 4. The van der Waals surface area contributed by atoms with Gasteiger partial charge in [0, 0.05) is 12.4 Å². The molecule has 0 unspecified atom stereocenters. The van der Waals surface area contributed by atoms with Gasteiger partial charge in [0.15, 0.2) is 0 Å². The molecule has 0 saturated carbocycles. The van der Waals surface area contributed by atoms with Crippen molar-refractivity contribution >= 4 is 17.6 Å². The number of nitrogens with one attached hydrogen (secondary N) is 2. The first-order chi connectivity index (χ1) is 6.72. The molecule has 0 aromatic carbocycles. The van der Waals surface area contributed by atoms with E-state index >= 15 is 0 Å². The van der Waals surface area contributed by atoms with E-state index in [-0.39, 0.29) is 18.9 Å². The molecule has 0 aliphatic carbocycles. The quantitative estimate of drug-likeness (QED) is 0.555. The Labute approximate surface area is 81.5 Å². The van der Waals surface area contributed by atoms with E-state index in [1.54, 1.807) is 25.4 Å². The molecule has 14 heavy (non-hydrogen) atoms. The first kappa shape index (κ1) is 10.3. The Morgan fingerprint density at radius 1 is 1.57 bits per heavy atom. The fourth-order valence-electron chi connectivity index (χ4n) is 0.950. The third-order valence-corrected chi connectivity index (χ3v) is 1.49. The standard InChI is InChI=1S/C9H12N2O3/c1-2-14-9(13)5-8(12)11-7-3-4-10-6-7/h3-4,6,10H,2,5H2,1H3,(H,11,12). The summed E-state index contributed by atoms with van der Waals surface area (Å²) in [5.74, 6) is -0.886. The zero-order valence-corrected chi connectivity index (χ0v) is 7.87. The molecule has 1 heterocycles. The third-order valence-electron chi connectivity index (χ3n) is 1.49. The molecule has 5 heteroatoms. The van der Waals surface area contributed by atoms with Crippen LogP contribution in [0.4, 0.5) is 5.69 Å². The SMILES string of the molecule is CCOC(=O)CC(=O)Nc1cc[nH]c1. The normalized spacial score (nSPS) is 9.50. The van der Waals surface area contributed by atoms with Gasteiger partial charge in [-0.3, -0.25) is 9.59 Å². The summed E-state index contributed by atoms with van der Waals surface area (Å²) in [5.41, 5.74) is 0.638. The van der Waals surface area contributed by atoms with Crippen LogP contribution in [0.15, 0.2) is 18.5 Å². The lowest BCUT2D eigenvalue weighted by atomic mass is 10.4. The van der Waals surface area contributed by atoms with E-state index in [9.17, 15) is 9.59 Å². The van der Waals surface area contributed by atoms with Crippen LogP contribution in [0.1, 0.15) is 13.3 Å². The summed E-state index contributed by atoms with van der Waals surface area (Å²) in [4.78, 5) is 24.8. The second-order valence-electron chi connectivity index (χ2n) is 2.63. The van der Waals surface area contributed by atoms with Crippen molar-refractivity contribution in [3.8, 4) is 0 Å². The number of carbonyl (C=O) groups excluding carboxylic acids is 2. The molecule has 2 N–H and O–H groups in total. The highest BCUT2D eigenvalue weighted by molar-refractivity contribution is 6.01. The van der Waals surface area contributed by atoms with Gasteiger partial charge >= 0.3 is 5.97 Å². The molecule has 0 aliphatic rings. The van der Waals surface area contributed by atoms with Crippen molar-refractivity contribution in [1.29, 1.82) is 0 Å². The van der Waals surface area contributed by atoms with Crippen LogP contribution in [0.2, 0.25) is 0 Å². The number of aromatic amines is 1. The maximum atomic E-state index is 11.2. The molecule has 0 aliphatic heterocycles. The number of carbonyl (C=O) groups is 2. The van der Waals surface area contributed by atoms with Gasteiger partial charge in [-0.05, 0) is 13.0 Å². The second-order valence-corrected chi connectivity index (χ2v) is 2.63. The van der Waals surface area contributed by atoms with E-state index in [1.165, 1.54) is 0 Å². The maximum absolute atomic E-state index is 11.2. The van der Waals surface area contributed by atoms with Gasteiger partial charge in [-0.15, -0.1) is 0 Å². The summed E-state index contributed by atoms with van der Waals surface area (Å²) in [7, 11) is 0. The Hall–Kier alpha value is -1.78. The minimum Gasteiger partial charge on any atom is -0.466 e. The van der Waals surface area contributed by atoms with Crippen LogP contribution in [0.3, 0.4) is 0 Å². The van der Waals surface area contributed by atoms with E-state index in [4.69, 9.17) is 0 Å². The molecule has 1 aromatic rings. The smallest absolute Gasteiger partial charge is 0.315 e. The molecule has 0 spiro atoms. The van der Waals surface area contributed by atoms with Crippen LogP contribution in [0.5, 0.6) is 0 Å². The van der Waals surface area contributed by atoms with Gasteiger partial charge in [-0.2, -0.15) is 0 Å². The molecule has 76 valence electrons. The van der Waals surface area contributed by atoms with E-state index in [0.29, 0.717) is 5.69 Å². The van der Waals surface area contributed by atoms with Crippen LogP contribution < -0.4 is 5.32 Å². The van der Waals surface area contributed by atoms with Gasteiger partial charge in [0.2, 0.25) is 5.91 Å². The third kappa shape index (κ3) is 3.30. The summed E-state index contributed by atoms with van der Waals surface area (Å²) < 4.78 is 4.62. The summed E-state index contributed by atoms with van der Waals surface area (Å²) in [6.07, 6.45) is 3.06. The number of hydrogen-bond acceptors (Lipinski definition) is 3. The lowest BCUT2D eigenvalue weighted by Crippen LogP contribution is -2.17. The lowest BCUT2D eigenvalue weighted by molar-refractivity contribution is -0.145. The summed E-state index contributed by atoms with van der Waals surface area (Å²) in [5, 5.41) is 2.54. The van der Waals surface area contributed by atoms with Crippen molar-refractivity contribution in [2.45, 2.75) is 13.3 Å². The summed E-state index contributed by atoms with van der Waals surface area (Å²) in [6, 6.07) is 1.70. The van der Waals surface area contributed by atoms with E-state index in [2.05, 4.69) is 15.0 Å². The minimum atomic E-state index is -0.513. The number of amides is 1. The Morgan fingerprint density at radius 2 is 2.36 bits per heavy atom.